The molecule has 2 rings (SSSR count). The first-order valence-corrected chi connectivity index (χ1v) is 7.15. The molecule has 1 aliphatic rings. The highest BCUT2D eigenvalue weighted by molar-refractivity contribution is 9.10. The molecular formula is C11H15BrN2S. The molecule has 1 aliphatic carbocycles. The predicted octanol–water partition coefficient (Wildman–Crippen LogP) is 3.54. The van der Waals surface area contributed by atoms with E-state index >= 15 is 0 Å². The highest BCUT2D eigenvalue weighted by Crippen LogP contribution is 2.42. The van der Waals surface area contributed by atoms with Crippen LogP contribution in [-0.2, 0) is 0 Å². The largest absolute Gasteiger partial charge is 0.382 e. The summed E-state index contributed by atoms with van der Waals surface area (Å²) in [6.45, 7) is 1.05. The van der Waals surface area contributed by atoms with E-state index in [1.807, 2.05) is 18.0 Å². The number of halogens is 1. The van der Waals surface area contributed by atoms with Gasteiger partial charge in [-0.05, 0) is 41.1 Å². The number of nitrogens with one attached hydrogen (secondary N) is 1. The van der Waals surface area contributed by atoms with E-state index in [4.69, 9.17) is 0 Å². The van der Waals surface area contributed by atoms with Gasteiger partial charge in [-0.15, -0.1) is 0 Å². The number of anilines is 1. The molecule has 1 saturated carbocycles. The van der Waals surface area contributed by atoms with Gasteiger partial charge in [0.1, 0.15) is 0 Å². The monoisotopic (exact) mass is 286 g/mol. The van der Waals surface area contributed by atoms with Crippen molar-refractivity contribution in [1.82, 2.24) is 4.98 Å². The zero-order valence-electron chi connectivity index (χ0n) is 8.79. The third-order valence-corrected chi connectivity index (χ3v) is 4.87. The highest BCUT2D eigenvalue weighted by atomic mass is 79.9. The molecule has 1 aromatic heterocycles. The number of rotatable bonds is 4. The topological polar surface area (TPSA) is 24.9 Å². The molecule has 0 unspecified atom stereocenters. The minimum atomic E-state index is 0.475. The lowest BCUT2D eigenvalue weighted by molar-refractivity contribution is 0.380. The molecule has 1 aromatic rings. The lowest BCUT2D eigenvalue weighted by Gasteiger charge is -2.40. The van der Waals surface area contributed by atoms with Crippen LogP contribution in [0.15, 0.2) is 22.9 Å². The molecule has 2 nitrogen and oxygen atoms in total. The van der Waals surface area contributed by atoms with Crippen LogP contribution in [0.25, 0.3) is 0 Å². The third kappa shape index (κ3) is 2.67. The Morgan fingerprint density at radius 2 is 2.33 bits per heavy atom. The summed E-state index contributed by atoms with van der Waals surface area (Å²) in [6.07, 6.45) is 9.93. The highest BCUT2D eigenvalue weighted by Gasteiger charge is 2.35. The van der Waals surface area contributed by atoms with E-state index in [0.29, 0.717) is 4.75 Å². The Morgan fingerprint density at radius 1 is 1.53 bits per heavy atom. The van der Waals surface area contributed by atoms with Crippen LogP contribution in [-0.4, -0.2) is 22.5 Å². The minimum absolute atomic E-state index is 0.475. The molecule has 0 aromatic carbocycles. The lowest BCUT2D eigenvalue weighted by atomic mass is 9.84. The first kappa shape index (κ1) is 11.3. The van der Waals surface area contributed by atoms with Gasteiger partial charge >= 0.3 is 0 Å². The fraction of sp³-hybridized carbons (Fsp3) is 0.545. The van der Waals surface area contributed by atoms with Crippen LogP contribution in [0.3, 0.4) is 0 Å². The van der Waals surface area contributed by atoms with Crippen molar-refractivity contribution in [3.05, 3.63) is 22.9 Å². The first-order valence-electron chi connectivity index (χ1n) is 5.14. The fourth-order valence-corrected chi connectivity index (χ4v) is 3.07. The molecule has 1 fully saturated rings. The van der Waals surface area contributed by atoms with Gasteiger partial charge < -0.3 is 5.32 Å². The second-order valence-electron chi connectivity index (χ2n) is 3.99. The SMILES string of the molecule is CSC1(CNc2cncc(Br)c2)CCC1. The second kappa shape index (κ2) is 4.74. The molecule has 0 atom stereocenters. The van der Waals surface area contributed by atoms with E-state index < -0.39 is 0 Å². The van der Waals surface area contributed by atoms with Gasteiger partial charge in [-0.3, -0.25) is 4.98 Å². The van der Waals surface area contributed by atoms with Gasteiger partial charge in [0.05, 0.1) is 11.9 Å². The Labute approximate surface area is 103 Å². The minimum Gasteiger partial charge on any atom is -0.382 e. The first-order chi connectivity index (χ1) is 7.24. The van der Waals surface area contributed by atoms with Crippen molar-refractivity contribution in [2.45, 2.75) is 24.0 Å². The van der Waals surface area contributed by atoms with Crippen LogP contribution < -0.4 is 5.32 Å². The van der Waals surface area contributed by atoms with Gasteiger partial charge in [-0.1, -0.05) is 6.42 Å². The zero-order chi connectivity index (χ0) is 10.7. The van der Waals surface area contributed by atoms with Crippen LogP contribution >= 0.6 is 27.7 Å². The Kier molecular flexibility index (Phi) is 3.57. The van der Waals surface area contributed by atoms with Crippen molar-refractivity contribution < 1.29 is 0 Å². The lowest BCUT2D eigenvalue weighted by Crippen LogP contribution is -2.40. The average Bonchev–Trinajstić information content (AvgIpc) is 2.17. The maximum Gasteiger partial charge on any atom is 0.0538 e. The summed E-state index contributed by atoms with van der Waals surface area (Å²) < 4.78 is 1.50. The van der Waals surface area contributed by atoms with E-state index in [0.717, 1.165) is 16.7 Å². The van der Waals surface area contributed by atoms with Gasteiger partial charge in [0, 0.05) is 22.0 Å². The van der Waals surface area contributed by atoms with E-state index in [1.54, 1.807) is 6.20 Å². The standard InChI is InChI=1S/C11H15BrN2S/c1-15-11(3-2-4-11)8-14-10-5-9(12)6-13-7-10/h5-7,14H,2-4,8H2,1H3. The smallest absolute Gasteiger partial charge is 0.0538 e. The van der Waals surface area contributed by atoms with E-state index in [9.17, 15) is 0 Å². The number of nitrogens with zero attached hydrogens (tertiary/aromatic N) is 1. The molecule has 0 spiro atoms. The molecule has 0 radical (unpaired) electrons. The molecule has 15 heavy (non-hydrogen) atoms. The van der Waals surface area contributed by atoms with E-state index in [1.165, 1.54) is 19.3 Å². The van der Waals surface area contributed by atoms with Gasteiger partial charge in [0.2, 0.25) is 0 Å². The average molecular weight is 287 g/mol. The summed E-state index contributed by atoms with van der Waals surface area (Å²) in [4.78, 5) is 4.14. The molecule has 0 aliphatic heterocycles. The molecule has 0 bridgehead atoms. The summed E-state index contributed by atoms with van der Waals surface area (Å²) in [5.74, 6) is 0. The number of hydrogen-bond acceptors (Lipinski definition) is 3. The number of hydrogen-bond donors (Lipinski definition) is 1. The second-order valence-corrected chi connectivity index (χ2v) is 6.18. The molecule has 1 heterocycles. The Balaban J connectivity index is 1.92. The van der Waals surface area contributed by atoms with Crippen LogP contribution in [0.4, 0.5) is 5.69 Å². The summed E-state index contributed by atoms with van der Waals surface area (Å²) in [6, 6.07) is 2.07. The summed E-state index contributed by atoms with van der Waals surface area (Å²) in [5.41, 5.74) is 1.10. The summed E-state index contributed by atoms with van der Waals surface area (Å²) in [5, 5.41) is 3.47. The fourth-order valence-electron chi connectivity index (χ4n) is 1.80. The van der Waals surface area contributed by atoms with E-state index in [2.05, 4.69) is 38.6 Å². The van der Waals surface area contributed by atoms with Crippen molar-refractivity contribution in [1.29, 1.82) is 0 Å². The van der Waals surface area contributed by atoms with Crippen molar-refractivity contribution in [2.24, 2.45) is 0 Å². The Morgan fingerprint density at radius 3 is 2.87 bits per heavy atom. The molecule has 4 heteroatoms. The molecular weight excluding hydrogens is 272 g/mol. The number of thioether (sulfide) groups is 1. The summed E-state index contributed by atoms with van der Waals surface area (Å²) >= 11 is 5.41. The number of aromatic nitrogens is 1. The Bertz CT molecular complexity index is 334. The summed E-state index contributed by atoms with van der Waals surface area (Å²) in [7, 11) is 0. The van der Waals surface area contributed by atoms with Crippen LogP contribution in [0.1, 0.15) is 19.3 Å². The quantitative estimate of drug-likeness (QED) is 0.916. The normalized spacial score (nSPS) is 18.3. The molecule has 0 amide bonds. The van der Waals surface area contributed by atoms with Crippen molar-refractivity contribution >= 4 is 33.4 Å². The van der Waals surface area contributed by atoms with Gasteiger partial charge in [0.25, 0.3) is 0 Å². The van der Waals surface area contributed by atoms with Crippen molar-refractivity contribution in [3.63, 3.8) is 0 Å². The van der Waals surface area contributed by atoms with Crippen molar-refractivity contribution in [2.75, 3.05) is 18.1 Å². The van der Waals surface area contributed by atoms with Gasteiger partial charge in [0.15, 0.2) is 0 Å². The van der Waals surface area contributed by atoms with Crippen LogP contribution in [0, 0.1) is 0 Å². The van der Waals surface area contributed by atoms with Crippen molar-refractivity contribution in [3.8, 4) is 0 Å². The van der Waals surface area contributed by atoms with E-state index in [-0.39, 0.29) is 0 Å². The molecule has 82 valence electrons. The van der Waals surface area contributed by atoms with Gasteiger partial charge in [-0.2, -0.15) is 11.8 Å². The van der Waals surface area contributed by atoms with Crippen LogP contribution in [0.5, 0.6) is 0 Å². The Hall–Kier alpha value is -0.220. The zero-order valence-corrected chi connectivity index (χ0v) is 11.2. The molecule has 1 N–H and O–H groups in total. The maximum atomic E-state index is 4.14. The van der Waals surface area contributed by atoms with Crippen LogP contribution in [0.2, 0.25) is 0 Å². The third-order valence-electron chi connectivity index (χ3n) is 3.02. The predicted molar refractivity (Wildman–Crippen MR) is 70.5 cm³/mol. The number of pyridine rings is 1. The van der Waals surface area contributed by atoms with Gasteiger partial charge in [-0.25, -0.2) is 0 Å². The maximum absolute atomic E-state index is 4.14. The molecule has 0 saturated heterocycles.